The molecule has 3 rings (SSSR count). The summed E-state index contributed by atoms with van der Waals surface area (Å²) >= 11 is 1.15. The predicted octanol–water partition coefficient (Wildman–Crippen LogP) is 2.22. The zero-order chi connectivity index (χ0) is 15.5. The van der Waals surface area contributed by atoms with E-state index in [4.69, 9.17) is 0 Å². The third-order valence-electron chi connectivity index (χ3n) is 3.69. The van der Waals surface area contributed by atoms with Gasteiger partial charge in [-0.3, -0.25) is 4.79 Å². The minimum atomic E-state index is -0.844. The van der Waals surface area contributed by atoms with Crippen LogP contribution < -0.4 is 10.2 Å². The van der Waals surface area contributed by atoms with Crippen molar-refractivity contribution in [1.82, 2.24) is 14.1 Å². The largest absolute Gasteiger partial charge is 0.354 e. The molecule has 2 aromatic rings. The highest BCUT2D eigenvalue weighted by Crippen LogP contribution is 2.19. The molecule has 0 unspecified atom stereocenters. The molecule has 2 heterocycles. The summed E-state index contributed by atoms with van der Waals surface area (Å²) in [5.41, 5.74) is -0.520. The van der Waals surface area contributed by atoms with Gasteiger partial charge in [-0.2, -0.15) is 8.75 Å². The van der Waals surface area contributed by atoms with E-state index < -0.39 is 23.1 Å². The zero-order valence-electron chi connectivity index (χ0n) is 11.6. The number of nitrogens with one attached hydrogen (secondary N) is 1. The van der Waals surface area contributed by atoms with E-state index in [0.29, 0.717) is 12.8 Å². The van der Waals surface area contributed by atoms with E-state index in [9.17, 15) is 13.6 Å². The maximum atomic E-state index is 13.6. The first-order chi connectivity index (χ1) is 10.6. The number of benzene rings is 1. The Morgan fingerprint density at radius 3 is 2.55 bits per heavy atom. The summed E-state index contributed by atoms with van der Waals surface area (Å²) in [6.07, 6.45) is 3.09. The van der Waals surface area contributed by atoms with Crippen LogP contribution in [-0.4, -0.2) is 33.8 Å². The van der Waals surface area contributed by atoms with E-state index in [1.807, 2.05) is 0 Å². The number of carbonyl (C=O) groups excluding carboxylic acids is 1. The van der Waals surface area contributed by atoms with Crippen LogP contribution in [0, 0.1) is 11.6 Å². The molecular formula is C14H14F2N4OS. The predicted molar refractivity (Wildman–Crippen MR) is 79.0 cm³/mol. The van der Waals surface area contributed by atoms with Crippen molar-refractivity contribution in [2.45, 2.75) is 18.9 Å². The average molecular weight is 324 g/mol. The lowest BCUT2D eigenvalue weighted by molar-refractivity contribution is 0.0922. The van der Waals surface area contributed by atoms with Crippen molar-refractivity contribution in [1.29, 1.82) is 0 Å². The zero-order valence-corrected chi connectivity index (χ0v) is 12.4. The van der Waals surface area contributed by atoms with Crippen LogP contribution in [-0.2, 0) is 0 Å². The number of carbonyl (C=O) groups is 1. The third-order valence-corrected chi connectivity index (χ3v) is 4.16. The summed E-state index contributed by atoms with van der Waals surface area (Å²) in [6.45, 7) is 1.44. The molecule has 22 heavy (non-hydrogen) atoms. The lowest BCUT2D eigenvalue weighted by Gasteiger charge is -2.32. The maximum Gasteiger partial charge on any atom is 0.257 e. The van der Waals surface area contributed by atoms with Crippen LogP contribution in [0.25, 0.3) is 0 Å². The number of hydrogen-bond donors (Lipinski definition) is 1. The number of rotatable bonds is 3. The number of hydrogen-bond acceptors (Lipinski definition) is 5. The van der Waals surface area contributed by atoms with Crippen molar-refractivity contribution >= 4 is 23.5 Å². The highest BCUT2D eigenvalue weighted by Gasteiger charge is 2.24. The van der Waals surface area contributed by atoms with Gasteiger partial charge in [0.1, 0.15) is 17.2 Å². The van der Waals surface area contributed by atoms with E-state index in [-0.39, 0.29) is 6.04 Å². The van der Waals surface area contributed by atoms with Gasteiger partial charge in [-0.25, -0.2) is 8.78 Å². The second-order valence-corrected chi connectivity index (χ2v) is 5.65. The van der Waals surface area contributed by atoms with E-state index in [2.05, 4.69) is 19.0 Å². The van der Waals surface area contributed by atoms with Crippen LogP contribution in [0.2, 0.25) is 0 Å². The molecule has 0 radical (unpaired) electrons. The normalized spacial score (nSPS) is 15.8. The van der Waals surface area contributed by atoms with Crippen molar-refractivity contribution < 1.29 is 13.6 Å². The molecule has 0 spiro atoms. The number of amides is 1. The summed E-state index contributed by atoms with van der Waals surface area (Å²) in [5, 5.41) is 2.70. The topological polar surface area (TPSA) is 58.1 Å². The molecule has 8 heteroatoms. The SMILES string of the molecule is O=C(NC1CCN(c2cnsn2)CC1)c1c(F)cccc1F. The molecule has 1 amide bonds. The molecule has 1 N–H and O–H groups in total. The fourth-order valence-corrected chi connectivity index (χ4v) is 2.96. The maximum absolute atomic E-state index is 13.6. The molecule has 1 aliphatic heterocycles. The summed E-state index contributed by atoms with van der Waals surface area (Å²) in [4.78, 5) is 14.1. The summed E-state index contributed by atoms with van der Waals surface area (Å²) in [7, 11) is 0. The highest BCUT2D eigenvalue weighted by atomic mass is 32.1. The van der Waals surface area contributed by atoms with Crippen LogP contribution >= 0.6 is 11.7 Å². The number of anilines is 1. The average Bonchev–Trinajstić information content (AvgIpc) is 3.02. The van der Waals surface area contributed by atoms with Gasteiger partial charge in [-0.1, -0.05) is 6.07 Å². The fraction of sp³-hybridized carbons (Fsp3) is 0.357. The van der Waals surface area contributed by atoms with Crippen molar-refractivity contribution in [2.75, 3.05) is 18.0 Å². The second kappa shape index (κ2) is 6.35. The Labute approximate surface area is 130 Å². The Kier molecular flexibility index (Phi) is 4.28. The fourth-order valence-electron chi connectivity index (χ4n) is 2.52. The van der Waals surface area contributed by atoms with Gasteiger partial charge in [0.25, 0.3) is 5.91 Å². The van der Waals surface area contributed by atoms with Gasteiger partial charge in [0, 0.05) is 19.1 Å². The van der Waals surface area contributed by atoms with Gasteiger partial charge in [0.05, 0.1) is 17.9 Å². The first-order valence-electron chi connectivity index (χ1n) is 6.92. The Balaban J connectivity index is 1.60. The van der Waals surface area contributed by atoms with Crippen molar-refractivity contribution in [3.63, 3.8) is 0 Å². The second-order valence-electron chi connectivity index (χ2n) is 5.10. The van der Waals surface area contributed by atoms with Crippen LogP contribution in [0.4, 0.5) is 14.6 Å². The minimum absolute atomic E-state index is 0.102. The van der Waals surface area contributed by atoms with E-state index in [1.165, 1.54) is 6.07 Å². The Hall–Kier alpha value is -2.09. The first kappa shape index (κ1) is 14.8. The van der Waals surface area contributed by atoms with Gasteiger partial charge in [0.2, 0.25) is 0 Å². The molecular weight excluding hydrogens is 310 g/mol. The number of aromatic nitrogens is 2. The summed E-state index contributed by atoms with van der Waals surface area (Å²) in [5.74, 6) is -1.56. The Morgan fingerprint density at radius 1 is 1.27 bits per heavy atom. The van der Waals surface area contributed by atoms with Crippen molar-refractivity contribution in [3.05, 3.63) is 41.6 Å². The van der Waals surface area contributed by atoms with Crippen molar-refractivity contribution in [3.8, 4) is 0 Å². The van der Waals surface area contributed by atoms with Crippen LogP contribution in [0.1, 0.15) is 23.2 Å². The van der Waals surface area contributed by atoms with E-state index in [1.54, 1.807) is 6.20 Å². The lowest BCUT2D eigenvalue weighted by atomic mass is 10.0. The number of piperidine rings is 1. The van der Waals surface area contributed by atoms with Crippen LogP contribution in [0.5, 0.6) is 0 Å². The molecule has 0 bridgehead atoms. The van der Waals surface area contributed by atoms with Crippen molar-refractivity contribution in [2.24, 2.45) is 0 Å². The number of halogens is 2. The van der Waals surface area contributed by atoms with E-state index >= 15 is 0 Å². The molecule has 1 fully saturated rings. The smallest absolute Gasteiger partial charge is 0.257 e. The molecule has 5 nitrogen and oxygen atoms in total. The summed E-state index contributed by atoms with van der Waals surface area (Å²) in [6, 6.07) is 3.29. The van der Waals surface area contributed by atoms with Crippen LogP contribution in [0.3, 0.4) is 0 Å². The summed E-state index contributed by atoms with van der Waals surface area (Å²) < 4.78 is 35.3. The van der Waals surface area contributed by atoms with Gasteiger partial charge < -0.3 is 10.2 Å². The first-order valence-corrected chi connectivity index (χ1v) is 7.65. The molecule has 1 aromatic carbocycles. The monoisotopic (exact) mass is 324 g/mol. The standard InChI is InChI=1S/C14H14F2N4OS/c15-10-2-1-3-11(16)13(10)14(21)18-9-4-6-20(7-5-9)12-8-17-22-19-12/h1-3,8-9H,4-7H2,(H,18,21). The third kappa shape index (κ3) is 3.06. The molecule has 1 aromatic heterocycles. The minimum Gasteiger partial charge on any atom is -0.354 e. The Bertz CT molecular complexity index is 637. The number of nitrogens with zero attached hydrogens (tertiary/aromatic N) is 3. The van der Waals surface area contributed by atoms with Gasteiger partial charge in [-0.05, 0) is 25.0 Å². The Morgan fingerprint density at radius 2 is 1.95 bits per heavy atom. The van der Waals surface area contributed by atoms with Gasteiger partial charge in [-0.15, -0.1) is 0 Å². The molecule has 1 aliphatic rings. The molecule has 0 atom stereocenters. The van der Waals surface area contributed by atoms with Gasteiger partial charge >= 0.3 is 0 Å². The van der Waals surface area contributed by atoms with Gasteiger partial charge in [0.15, 0.2) is 5.82 Å². The van der Waals surface area contributed by atoms with Crippen LogP contribution in [0.15, 0.2) is 24.4 Å². The lowest BCUT2D eigenvalue weighted by Crippen LogP contribution is -2.45. The molecule has 0 saturated carbocycles. The molecule has 1 saturated heterocycles. The molecule has 0 aliphatic carbocycles. The highest BCUT2D eigenvalue weighted by molar-refractivity contribution is 6.99. The van der Waals surface area contributed by atoms with E-state index in [0.717, 1.165) is 42.8 Å². The molecule has 116 valence electrons. The quantitative estimate of drug-likeness (QED) is 0.940.